The number of rotatable bonds is 10. The third kappa shape index (κ3) is 27.8. The van der Waals surface area contributed by atoms with Crippen molar-refractivity contribution in [3.8, 4) is 70.9 Å². The molecule has 0 atom stereocenters. The first kappa shape index (κ1) is 83.9. The van der Waals surface area contributed by atoms with Crippen molar-refractivity contribution in [2.75, 3.05) is 9.80 Å². The second-order valence-electron chi connectivity index (χ2n) is 28.9. The third-order valence-electron chi connectivity index (χ3n) is 14.6. The van der Waals surface area contributed by atoms with E-state index < -0.39 is 47.0 Å². The number of aryl methyl sites for hydroxylation is 4. The Morgan fingerprint density at radius 2 is 0.514 bits per heavy atom. The van der Waals surface area contributed by atoms with Crippen LogP contribution < -0.4 is 28.7 Å². The zero-order valence-corrected chi connectivity index (χ0v) is 70.3. The highest BCUT2D eigenvalue weighted by Crippen LogP contribution is 2.39. The fourth-order valence-corrected chi connectivity index (χ4v) is 11.7. The molecule has 0 N–H and O–H groups in total. The lowest BCUT2D eigenvalue weighted by Crippen LogP contribution is -2.26. The van der Waals surface area contributed by atoms with Crippen LogP contribution in [0.5, 0.6) is 23.0 Å². The topological polar surface area (TPSA) is 149 Å². The number of terminal acetylenes is 1. The molecule has 0 radical (unpaired) electrons. The van der Waals surface area contributed by atoms with E-state index >= 15 is 0 Å². The van der Waals surface area contributed by atoms with E-state index in [4.69, 9.17) is 44.3 Å². The lowest BCUT2D eigenvalue weighted by molar-refractivity contribution is 0.0192. The minimum atomic E-state index is -0.821. The summed E-state index contributed by atoms with van der Waals surface area (Å²) < 4.78 is 46.8. The van der Waals surface area contributed by atoms with E-state index in [9.17, 15) is 19.2 Å². The van der Waals surface area contributed by atoms with Crippen molar-refractivity contribution in [3.05, 3.63) is 290 Å². The van der Waals surface area contributed by atoms with Gasteiger partial charge in [0, 0.05) is 61.5 Å². The van der Waals surface area contributed by atoms with Gasteiger partial charge < -0.3 is 47.7 Å². The molecule has 556 valence electrons. The minimum absolute atomic E-state index is 0.282. The van der Waals surface area contributed by atoms with Crippen LogP contribution in [0.3, 0.4) is 0 Å². The molecule has 10 aromatic rings. The number of benzene rings is 10. The number of anilines is 6. The van der Waals surface area contributed by atoms with Crippen molar-refractivity contribution in [1.29, 1.82) is 0 Å². The maximum absolute atomic E-state index is 12.7. The van der Waals surface area contributed by atoms with Gasteiger partial charge in [-0.3, -0.25) is 0 Å². The highest BCUT2D eigenvalue weighted by Gasteiger charge is 2.24. The second kappa shape index (κ2) is 37.9. The van der Waals surface area contributed by atoms with E-state index in [2.05, 4.69) is 192 Å². The molecule has 10 aromatic carbocycles. The number of hydrogen-bond donors (Lipinski definition) is 0. The molecule has 14 nitrogen and oxygen atoms in total. The highest BCUT2D eigenvalue weighted by molar-refractivity contribution is 14.1. The van der Waals surface area contributed by atoms with Crippen molar-refractivity contribution in [3.63, 3.8) is 0 Å². The molecule has 0 heterocycles. The molecule has 0 saturated heterocycles. The van der Waals surface area contributed by atoms with Gasteiger partial charge in [-0.2, -0.15) is 0 Å². The Morgan fingerprint density at radius 1 is 0.294 bits per heavy atom. The Bertz CT molecular complexity index is 4780. The van der Waals surface area contributed by atoms with Crippen molar-refractivity contribution in [1.82, 2.24) is 0 Å². The number of nitrogens with zero attached hydrogens (tertiary/aromatic N) is 2. The van der Waals surface area contributed by atoms with E-state index in [1.165, 1.54) is 27.8 Å². The Balaban J connectivity index is 0.000000307. The average molecular weight is 1790 g/mol. The molecular weight excluding hydrogens is 1710 g/mol. The first-order valence-electron chi connectivity index (χ1n) is 34.7. The lowest BCUT2D eigenvalue weighted by Gasteiger charge is -2.26. The standard InChI is InChI=1S/C60H57NO9.C18H12I3N.C14H16O3/c1-40-22-31-52(65-55(62)68-58(4,5)6)46(34-40)28-25-43-16-13-19-49(37-43)61(50-20-14-17-44(38-50)26-29-47-35-41(2)23-32-53(47)66-56(63)69-59(7,8)9)51-21-15-18-45(39-51)27-30-48-36-42(3)24-33-54(48)67-57(64)70-60(10,11)12;19-13-4-1-7-16(10-13)22(17-8-2-5-14(20)11-17)18-9-3-6-15(21)12-18;1-6-11-9-10(2)7-8-12(11)16-13(15)17-14(3,4)5/h13-24,31-39H,1-12H3;1-12H;1,7-9H,2-5H3. The molecule has 10 rings (SSSR count). The van der Waals surface area contributed by atoms with Gasteiger partial charge in [-0.25, -0.2) is 19.2 Å². The maximum atomic E-state index is 12.7. The van der Waals surface area contributed by atoms with Crippen molar-refractivity contribution < 1.29 is 57.1 Å². The summed E-state index contributed by atoms with van der Waals surface area (Å²) >= 11 is 7.08. The van der Waals surface area contributed by atoms with Crippen LogP contribution in [0.2, 0.25) is 0 Å². The predicted molar refractivity (Wildman–Crippen MR) is 458 cm³/mol. The van der Waals surface area contributed by atoms with Crippen molar-refractivity contribution >= 4 is 127 Å². The monoisotopic (exact) mass is 1790 g/mol. The maximum Gasteiger partial charge on any atom is 0.514 e. The molecule has 0 unspecified atom stereocenters. The van der Waals surface area contributed by atoms with E-state index in [-0.39, 0.29) is 17.2 Å². The summed E-state index contributed by atoms with van der Waals surface area (Å²) in [6.45, 7) is 29.0. The summed E-state index contributed by atoms with van der Waals surface area (Å²) in [7, 11) is 0. The van der Waals surface area contributed by atoms with Crippen LogP contribution in [0.1, 0.15) is 144 Å². The molecular formula is C92H85I3N2O12. The van der Waals surface area contributed by atoms with Crippen LogP contribution in [0.4, 0.5) is 53.3 Å². The summed E-state index contributed by atoms with van der Waals surface area (Å²) in [6.07, 6.45) is 2.12. The first-order valence-corrected chi connectivity index (χ1v) is 37.9. The van der Waals surface area contributed by atoms with E-state index in [0.29, 0.717) is 44.7 Å². The quantitative estimate of drug-likeness (QED) is 0.0420. The molecule has 0 aliphatic rings. The summed E-state index contributed by atoms with van der Waals surface area (Å²) in [5.41, 5.74) is 11.1. The first-order chi connectivity index (χ1) is 51.4. The Kier molecular flexibility index (Phi) is 29.2. The summed E-state index contributed by atoms with van der Waals surface area (Å²) in [5.74, 6) is 23.1. The number of halogens is 3. The Hall–Kier alpha value is -10.7. The van der Waals surface area contributed by atoms with Gasteiger partial charge in [-0.15, -0.1) is 6.42 Å². The van der Waals surface area contributed by atoms with Gasteiger partial charge in [0.25, 0.3) is 0 Å². The molecule has 0 aliphatic carbocycles. The normalized spacial score (nSPS) is 10.8. The van der Waals surface area contributed by atoms with Gasteiger partial charge in [-0.05, 0) is 359 Å². The van der Waals surface area contributed by atoms with Crippen LogP contribution in [0.25, 0.3) is 0 Å². The largest absolute Gasteiger partial charge is 0.514 e. The molecule has 0 amide bonds. The van der Waals surface area contributed by atoms with Gasteiger partial charge >= 0.3 is 24.6 Å². The van der Waals surface area contributed by atoms with Crippen LogP contribution in [0, 0.1) is 86.3 Å². The van der Waals surface area contributed by atoms with Gasteiger partial charge in [0.2, 0.25) is 0 Å². The molecule has 0 saturated carbocycles. The average Bonchev–Trinajstić information content (AvgIpc) is 0.787. The molecule has 0 bridgehead atoms. The molecule has 17 heteroatoms. The van der Waals surface area contributed by atoms with E-state index in [1.807, 2.05) is 143 Å². The number of hydrogen-bond acceptors (Lipinski definition) is 14. The van der Waals surface area contributed by atoms with Gasteiger partial charge in [0.15, 0.2) is 0 Å². The minimum Gasteiger partial charge on any atom is -0.428 e. The van der Waals surface area contributed by atoms with Gasteiger partial charge in [-0.1, -0.05) is 102 Å². The van der Waals surface area contributed by atoms with Crippen molar-refractivity contribution in [2.24, 2.45) is 0 Å². The summed E-state index contributed by atoms with van der Waals surface area (Å²) in [6, 6.07) is 70.5. The molecule has 0 aliphatic heterocycles. The van der Waals surface area contributed by atoms with Crippen LogP contribution >= 0.6 is 67.8 Å². The molecule has 0 spiro atoms. The van der Waals surface area contributed by atoms with Crippen LogP contribution in [-0.4, -0.2) is 47.0 Å². The number of ether oxygens (including phenoxy) is 8. The molecule has 0 fully saturated rings. The summed E-state index contributed by atoms with van der Waals surface area (Å²) in [4.78, 5) is 53.8. The number of carbonyl (C=O) groups is 4. The van der Waals surface area contributed by atoms with Crippen LogP contribution in [-0.2, 0) is 18.9 Å². The highest BCUT2D eigenvalue weighted by atomic mass is 127. The second-order valence-corrected chi connectivity index (χ2v) is 32.7. The zero-order chi connectivity index (χ0) is 79.4. The lowest BCUT2D eigenvalue weighted by atomic mass is 10.1. The van der Waals surface area contributed by atoms with Gasteiger partial charge in [0.1, 0.15) is 45.4 Å². The smallest absolute Gasteiger partial charge is 0.428 e. The van der Waals surface area contributed by atoms with Crippen molar-refractivity contribution in [2.45, 2.75) is 133 Å². The fraction of sp³-hybridized carbons (Fsp3) is 0.217. The number of carbonyl (C=O) groups excluding carboxylic acids is 4. The SMILES string of the molecule is C#Cc1cc(C)ccc1OC(=O)OC(C)(C)C.Cc1ccc(OC(=O)OC(C)(C)C)c(C#Cc2cccc(N(c3cccc(C#Cc4cc(C)ccc4OC(=O)OC(C)(C)C)c3)c3cccc(C#Cc4cc(C)ccc4OC(=O)OC(C)(C)C)c3)c2)c1.Ic1cccc(N(c2cccc(I)c2)c2cccc(I)c2)c1. The van der Waals surface area contributed by atoms with E-state index in [1.54, 1.807) is 113 Å². The molecule has 109 heavy (non-hydrogen) atoms. The zero-order valence-electron chi connectivity index (χ0n) is 63.8. The van der Waals surface area contributed by atoms with E-state index in [0.717, 1.165) is 39.3 Å². The third-order valence-corrected chi connectivity index (χ3v) is 16.6. The van der Waals surface area contributed by atoms with Gasteiger partial charge in [0.05, 0.1) is 22.3 Å². The Morgan fingerprint density at radius 3 is 0.743 bits per heavy atom. The van der Waals surface area contributed by atoms with Crippen LogP contribution in [0.15, 0.2) is 218 Å². The predicted octanol–water partition coefficient (Wildman–Crippen LogP) is 24.5. The fourth-order valence-electron chi connectivity index (χ4n) is 10.1. The summed E-state index contributed by atoms with van der Waals surface area (Å²) in [5, 5.41) is 0. The molecule has 0 aromatic heterocycles. The Labute approximate surface area is 681 Å².